The van der Waals surface area contributed by atoms with Crippen LogP contribution in [-0.4, -0.2) is 42.1 Å². The van der Waals surface area contributed by atoms with Crippen molar-refractivity contribution in [3.63, 3.8) is 0 Å². The van der Waals surface area contributed by atoms with E-state index in [0.717, 1.165) is 25.7 Å². The van der Waals surface area contributed by atoms with Crippen LogP contribution in [0, 0.1) is 0 Å². The van der Waals surface area contributed by atoms with E-state index in [1.54, 1.807) is 4.31 Å². The molecule has 1 aromatic rings. The molecule has 0 bridgehead atoms. The van der Waals surface area contributed by atoms with Crippen LogP contribution in [0.5, 0.6) is 0 Å². The van der Waals surface area contributed by atoms with E-state index >= 15 is 0 Å². The van der Waals surface area contributed by atoms with Gasteiger partial charge in [-0.05, 0) is 38.3 Å². The number of H-pyrrole nitrogens is 1. The van der Waals surface area contributed by atoms with Crippen LogP contribution in [0.2, 0.25) is 0 Å². The fraction of sp³-hybridized carbons (Fsp3) is 0.700. The van der Waals surface area contributed by atoms with Crippen LogP contribution in [0.1, 0.15) is 25.7 Å². The lowest BCUT2D eigenvalue weighted by atomic mass is 10.1. The second kappa shape index (κ2) is 5.16. The molecule has 0 saturated carbocycles. The van der Waals surface area contributed by atoms with Gasteiger partial charge in [-0.1, -0.05) is 0 Å². The highest BCUT2D eigenvalue weighted by Gasteiger charge is 2.35. The van der Waals surface area contributed by atoms with Crippen molar-refractivity contribution in [3.05, 3.63) is 12.3 Å². The molecule has 7 heteroatoms. The van der Waals surface area contributed by atoms with Gasteiger partial charge in [-0.2, -0.15) is 9.40 Å². The number of nitrogens with one attached hydrogen (secondary N) is 1. The van der Waals surface area contributed by atoms with Gasteiger partial charge >= 0.3 is 0 Å². The molecule has 1 aliphatic rings. The Bertz CT molecular complexity index is 443. The Morgan fingerprint density at radius 3 is 3.06 bits per heavy atom. The third kappa shape index (κ3) is 2.51. The van der Waals surface area contributed by atoms with E-state index in [9.17, 15) is 8.42 Å². The Hall–Kier alpha value is -0.920. The maximum atomic E-state index is 12.3. The number of rotatable bonds is 5. The van der Waals surface area contributed by atoms with E-state index in [-0.39, 0.29) is 11.1 Å². The Balaban J connectivity index is 2.15. The van der Waals surface area contributed by atoms with Crippen molar-refractivity contribution in [2.75, 3.05) is 13.1 Å². The molecule has 0 radical (unpaired) electrons. The standard InChI is InChI=1S/C10H18N4O2S/c11-6-1-3-9-4-2-8-14(9)17(15,16)10-5-7-12-13-10/h5,7,9H,1-4,6,8,11H2,(H,12,13). The lowest BCUT2D eigenvalue weighted by Gasteiger charge is -2.22. The van der Waals surface area contributed by atoms with Crippen molar-refractivity contribution in [1.29, 1.82) is 0 Å². The molecule has 1 aliphatic heterocycles. The maximum Gasteiger partial charge on any atom is 0.260 e. The first-order chi connectivity index (χ1) is 8.16. The molecule has 1 aromatic heterocycles. The number of hydrogen-bond acceptors (Lipinski definition) is 4. The van der Waals surface area contributed by atoms with E-state index in [0.29, 0.717) is 13.1 Å². The van der Waals surface area contributed by atoms with Gasteiger partial charge in [0.25, 0.3) is 10.0 Å². The van der Waals surface area contributed by atoms with Gasteiger partial charge in [-0.3, -0.25) is 5.10 Å². The molecule has 1 saturated heterocycles. The average molecular weight is 258 g/mol. The number of nitrogens with zero attached hydrogens (tertiary/aromatic N) is 2. The van der Waals surface area contributed by atoms with Gasteiger partial charge in [0, 0.05) is 12.6 Å². The second-order valence-corrected chi connectivity index (χ2v) is 6.12. The predicted molar refractivity (Wildman–Crippen MR) is 63.8 cm³/mol. The quantitative estimate of drug-likeness (QED) is 0.794. The number of nitrogens with two attached hydrogens (primary N) is 1. The predicted octanol–water partition coefficient (Wildman–Crippen LogP) is 0.302. The normalized spacial score (nSPS) is 22.1. The van der Waals surface area contributed by atoms with Gasteiger partial charge < -0.3 is 5.73 Å². The molecule has 0 aliphatic carbocycles. The first kappa shape index (κ1) is 12.5. The number of aromatic nitrogens is 2. The summed E-state index contributed by atoms with van der Waals surface area (Å²) >= 11 is 0. The van der Waals surface area contributed by atoms with E-state index in [4.69, 9.17) is 5.73 Å². The Morgan fingerprint density at radius 2 is 2.41 bits per heavy atom. The summed E-state index contributed by atoms with van der Waals surface area (Å²) in [6.07, 6.45) is 5.00. The van der Waals surface area contributed by atoms with Gasteiger partial charge in [0.15, 0.2) is 5.03 Å². The van der Waals surface area contributed by atoms with E-state index in [1.807, 2.05) is 0 Å². The molecule has 1 atom stereocenters. The van der Waals surface area contributed by atoms with Gasteiger partial charge in [-0.15, -0.1) is 0 Å². The Kier molecular flexibility index (Phi) is 3.80. The topological polar surface area (TPSA) is 92.1 Å². The zero-order chi connectivity index (χ0) is 12.3. The minimum Gasteiger partial charge on any atom is -0.330 e. The van der Waals surface area contributed by atoms with Crippen molar-refractivity contribution in [1.82, 2.24) is 14.5 Å². The summed E-state index contributed by atoms with van der Waals surface area (Å²) in [7, 11) is -3.40. The minimum atomic E-state index is -3.40. The molecule has 0 amide bonds. The van der Waals surface area contributed by atoms with Crippen molar-refractivity contribution in [2.24, 2.45) is 5.73 Å². The Labute approximate surface area is 101 Å². The summed E-state index contributed by atoms with van der Waals surface area (Å²) in [5.41, 5.74) is 5.47. The minimum absolute atomic E-state index is 0.0897. The summed E-state index contributed by atoms with van der Waals surface area (Å²) in [5.74, 6) is 0. The van der Waals surface area contributed by atoms with Gasteiger partial charge in [-0.25, -0.2) is 8.42 Å². The molecular weight excluding hydrogens is 240 g/mol. The SMILES string of the molecule is NCCCC1CCCN1S(=O)(=O)c1ccn[nH]1. The van der Waals surface area contributed by atoms with Crippen LogP contribution in [0.3, 0.4) is 0 Å². The molecule has 6 nitrogen and oxygen atoms in total. The van der Waals surface area contributed by atoms with Crippen LogP contribution in [-0.2, 0) is 10.0 Å². The van der Waals surface area contributed by atoms with E-state index < -0.39 is 10.0 Å². The summed E-state index contributed by atoms with van der Waals surface area (Å²) < 4.78 is 26.2. The first-order valence-electron chi connectivity index (χ1n) is 5.87. The van der Waals surface area contributed by atoms with Gasteiger partial charge in [0.1, 0.15) is 0 Å². The summed E-state index contributed by atoms with van der Waals surface area (Å²) in [5, 5.41) is 6.40. The van der Waals surface area contributed by atoms with Gasteiger partial charge in [0.05, 0.1) is 6.20 Å². The fourth-order valence-electron chi connectivity index (χ4n) is 2.28. The summed E-state index contributed by atoms with van der Waals surface area (Å²) in [6, 6.07) is 1.58. The smallest absolute Gasteiger partial charge is 0.260 e. The molecule has 2 rings (SSSR count). The molecule has 0 spiro atoms. The lowest BCUT2D eigenvalue weighted by Crippen LogP contribution is -2.36. The molecule has 17 heavy (non-hydrogen) atoms. The van der Waals surface area contributed by atoms with E-state index in [1.165, 1.54) is 12.3 Å². The third-order valence-corrected chi connectivity index (χ3v) is 5.01. The zero-order valence-corrected chi connectivity index (χ0v) is 10.5. The summed E-state index contributed by atoms with van der Waals surface area (Å²) in [6.45, 7) is 1.20. The zero-order valence-electron chi connectivity index (χ0n) is 9.67. The molecule has 3 N–H and O–H groups in total. The monoisotopic (exact) mass is 258 g/mol. The van der Waals surface area contributed by atoms with Crippen LogP contribution in [0.4, 0.5) is 0 Å². The number of sulfonamides is 1. The van der Waals surface area contributed by atoms with Crippen molar-refractivity contribution >= 4 is 10.0 Å². The lowest BCUT2D eigenvalue weighted by molar-refractivity contribution is 0.364. The Morgan fingerprint density at radius 1 is 1.59 bits per heavy atom. The highest BCUT2D eigenvalue weighted by molar-refractivity contribution is 7.89. The summed E-state index contributed by atoms with van der Waals surface area (Å²) in [4.78, 5) is 0. The van der Waals surface area contributed by atoms with Crippen molar-refractivity contribution in [2.45, 2.75) is 36.8 Å². The molecule has 2 heterocycles. The third-order valence-electron chi connectivity index (χ3n) is 3.13. The highest BCUT2D eigenvalue weighted by atomic mass is 32.2. The number of hydrogen-bond donors (Lipinski definition) is 2. The fourth-order valence-corrected chi connectivity index (χ4v) is 3.91. The van der Waals surface area contributed by atoms with Crippen LogP contribution in [0.15, 0.2) is 17.3 Å². The molecule has 0 aromatic carbocycles. The largest absolute Gasteiger partial charge is 0.330 e. The van der Waals surface area contributed by atoms with Crippen LogP contribution >= 0.6 is 0 Å². The molecule has 96 valence electrons. The highest BCUT2D eigenvalue weighted by Crippen LogP contribution is 2.27. The van der Waals surface area contributed by atoms with E-state index in [2.05, 4.69) is 10.2 Å². The maximum absolute atomic E-state index is 12.3. The van der Waals surface area contributed by atoms with Crippen LogP contribution in [0.25, 0.3) is 0 Å². The second-order valence-electron chi connectivity index (χ2n) is 4.26. The molecular formula is C10H18N4O2S. The van der Waals surface area contributed by atoms with Crippen molar-refractivity contribution in [3.8, 4) is 0 Å². The molecule has 1 fully saturated rings. The number of aromatic amines is 1. The average Bonchev–Trinajstić information content (AvgIpc) is 2.97. The van der Waals surface area contributed by atoms with Crippen LogP contribution < -0.4 is 5.73 Å². The van der Waals surface area contributed by atoms with Crippen molar-refractivity contribution < 1.29 is 8.42 Å². The van der Waals surface area contributed by atoms with Gasteiger partial charge in [0.2, 0.25) is 0 Å². The first-order valence-corrected chi connectivity index (χ1v) is 7.31. The molecule has 1 unspecified atom stereocenters.